The summed E-state index contributed by atoms with van der Waals surface area (Å²) in [4.78, 5) is 13.7. The van der Waals surface area contributed by atoms with Gasteiger partial charge in [-0.15, -0.1) is 0 Å². The molecule has 0 radical (unpaired) electrons. The number of aryl methyl sites for hydroxylation is 2. The number of hydrogen-bond donors (Lipinski definition) is 1. The minimum Gasteiger partial charge on any atom is -0.454 e. The minimum absolute atomic E-state index is 0.0554. The van der Waals surface area contributed by atoms with Crippen molar-refractivity contribution in [1.29, 1.82) is 0 Å². The lowest BCUT2D eigenvalue weighted by atomic mass is 10.0. The SMILES string of the molecule is Cc1nn(C)c(C)c1[C@H]1CCCN1Cc1ccc(Oc2ccc(C(N)=O)cc2F)cc1. The van der Waals surface area contributed by atoms with Crippen LogP contribution in [0.3, 0.4) is 0 Å². The number of likely N-dealkylation sites (tertiary alicyclic amines) is 1. The summed E-state index contributed by atoms with van der Waals surface area (Å²) in [6, 6.07) is 12.0. The van der Waals surface area contributed by atoms with Gasteiger partial charge in [-0.2, -0.15) is 5.10 Å². The molecular weight excluding hydrogens is 395 g/mol. The molecule has 1 fully saturated rings. The summed E-state index contributed by atoms with van der Waals surface area (Å²) in [6.45, 7) is 6.10. The standard InChI is InChI=1S/C24H27FN4O2/c1-15-23(16(2)28(3)27-15)21-5-4-12-29(21)14-17-6-9-19(10-7-17)31-22-11-8-18(24(26)30)13-20(22)25/h6-11,13,21H,4-5,12,14H2,1-3H3,(H2,26,30)/t21-/m1/s1. The molecule has 2 heterocycles. The van der Waals surface area contributed by atoms with Gasteiger partial charge in [-0.05, 0) is 69.1 Å². The highest BCUT2D eigenvalue weighted by Gasteiger charge is 2.30. The maximum absolute atomic E-state index is 14.2. The fraction of sp³-hybridized carbons (Fsp3) is 0.333. The number of benzene rings is 2. The first-order valence-corrected chi connectivity index (χ1v) is 10.4. The van der Waals surface area contributed by atoms with Gasteiger partial charge >= 0.3 is 0 Å². The Morgan fingerprint density at radius 3 is 2.58 bits per heavy atom. The van der Waals surface area contributed by atoms with E-state index in [4.69, 9.17) is 10.5 Å². The lowest BCUT2D eigenvalue weighted by Crippen LogP contribution is -2.23. The van der Waals surface area contributed by atoms with Crippen LogP contribution >= 0.6 is 0 Å². The van der Waals surface area contributed by atoms with E-state index in [1.54, 1.807) is 0 Å². The van der Waals surface area contributed by atoms with Crippen molar-refractivity contribution in [3.63, 3.8) is 0 Å². The van der Waals surface area contributed by atoms with Gasteiger partial charge in [0, 0.05) is 36.5 Å². The van der Waals surface area contributed by atoms with Crippen LogP contribution in [0.25, 0.3) is 0 Å². The average molecular weight is 423 g/mol. The first-order valence-electron chi connectivity index (χ1n) is 10.4. The van der Waals surface area contributed by atoms with Gasteiger partial charge in [0.15, 0.2) is 11.6 Å². The number of ether oxygens (including phenoxy) is 1. The molecule has 31 heavy (non-hydrogen) atoms. The van der Waals surface area contributed by atoms with E-state index < -0.39 is 11.7 Å². The summed E-state index contributed by atoms with van der Waals surface area (Å²) in [5, 5.41) is 4.59. The number of halogens is 1. The topological polar surface area (TPSA) is 73.4 Å². The van der Waals surface area contributed by atoms with Crippen molar-refractivity contribution in [2.45, 2.75) is 39.3 Å². The molecule has 0 aliphatic carbocycles. The molecule has 162 valence electrons. The third-order valence-corrected chi connectivity index (χ3v) is 6.02. The van der Waals surface area contributed by atoms with Crippen LogP contribution in [0.15, 0.2) is 42.5 Å². The van der Waals surface area contributed by atoms with Crippen molar-refractivity contribution in [2.24, 2.45) is 12.8 Å². The fourth-order valence-corrected chi connectivity index (χ4v) is 4.38. The zero-order valence-corrected chi connectivity index (χ0v) is 18.1. The van der Waals surface area contributed by atoms with E-state index in [0.29, 0.717) is 11.8 Å². The molecule has 2 aromatic carbocycles. The van der Waals surface area contributed by atoms with Crippen molar-refractivity contribution < 1.29 is 13.9 Å². The summed E-state index contributed by atoms with van der Waals surface area (Å²) in [6.07, 6.45) is 2.30. The summed E-state index contributed by atoms with van der Waals surface area (Å²) in [5.74, 6) is -0.708. The highest BCUT2D eigenvalue weighted by molar-refractivity contribution is 5.92. The van der Waals surface area contributed by atoms with E-state index in [9.17, 15) is 9.18 Å². The van der Waals surface area contributed by atoms with Gasteiger partial charge in [0.25, 0.3) is 0 Å². The first-order chi connectivity index (χ1) is 14.8. The van der Waals surface area contributed by atoms with Gasteiger partial charge in [0.05, 0.1) is 5.69 Å². The Morgan fingerprint density at radius 1 is 1.23 bits per heavy atom. The van der Waals surface area contributed by atoms with Crippen LogP contribution in [0.2, 0.25) is 0 Å². The molecule has 1 aliphatic rings. The molecule has 0 saturated carbocycles. The fourth-order valence-electron chi connectivity index (χ4n) is 4.38. The molecular formula is C24H27FN4O2. The highest BCUT2D eigenvalue weighted by atomic mass is 19.1. The van der Waals surface area contributed by atoms with Crippen LogP contribution in [-0.2, 0) is 13.6 Å². The summed E-state index contributed by atoms with van der Waals surface area (Å²) >= 11 is 0. The predicted molar refractivity (Wildman–Crippen MR) is 117 cm³/mol. The Labute approximate surface area is 181 Å². The van der Waals surface area contributed by atoms with Gasteiger partial charge < -0.3 is 10.5 Å². The van der Waals surface area contributed by atoms with Gasteiger partial charge in [0.2, 0.25) is 5.91 Å². The molecule has 7 heteroatoms. The Balaban J connectivity index is 1.45. The Morgan fingerprint density at radius 2 is 1.97 bits per heavy atom. The number of nitrogens with two attached hydrogens (primary N) is 1. The van der Waals surface area contributed by atoms with Crippen molar-refractivity contribution in [2.75, 3.05) is 6.54 Å². The second kappa shape index (κ2) is 8.51. The summed E-state index contributed by atoms with van der Waals surface area (Å²) < 4.78 is 21.8. The lowest BCUT2D eigenvalue weighted by Gasteiger charge is -2.25. The number of primary amides is 1. The monoisotopic (exact) mass is 422 g/mol. The number of nitrogens with zero attached hydrogens (tertiary/aromatic N) is 3. The third kappa shape index (κ3) is 4.32. The Bertz CT molecular complexity index is 1110. The smallest absolute Gasteiger partial charge is 0.248 e. The molecule has 1 amide bonds. The quantitative estimate of drug-likeness (QED) is 0.639. The largest absolute Gasteiger partial charge is 0.454 e. The number of hydrogen-bond acceptors (Lipinski definition) is 4. The molecule has 4 rings (SSSR count). The van der Waals surface area contributed by atoms with Crippen LogP contribution in [0.5, 0.6) is 11.5 Å². The molecule has 1 aliphatic heterocycles. The van der Waals surface area contributed by atoms with Gasteiger partial charge in [-0.3, -0.25) is 14.4 Å². The number of carbonyl (C=O) groups excluding carboxylic acids is 1. The van der Waals surface area contributed by atoms with Crippen LogP contribution in [0.1, 0.15) is 51.8 Å². The maximum Gasteiger partial charge on any atom is 0.248 e. The predicted octanol–water partition coefficient (Wildman–Crippen LogP) is 4.40. The zero-order valence-electron chi connectivity index (χ0n) is 18.1. The second-order valence-corrected chi connectivity index (χ2v) is 8.09. The molecule has 1 saturated heterocycles. The maximum atomic E-state index is 14.2. The van der Waals surface area contributed by atoms with Crippen molar-refractivity contribution in [1.82, 2.24) is 14.7 Å². The molecule has 3 aromatic rings. The van der Waals surface area contributed by atoms with E-state index in [1.807, 2.05) is 36.0 Å². The molecule has 0 spiro atoms. The highest BCUT2D eigenvalue weighted by Crippen LogP contribution is 2.36. The number of rotatable bonds is 6. The molecule has 0 unspecified atom stereocenters. The average Bonchev–Trinajstić information content (AvgIpc) is 3.27. The van der Waals surface area contributed by atoms with E-state index in [2.05, 4.69) is 23.8 Å². The Hall–Kier alpha value is -3.19. The van der Waals surface area contributed by atoms with E-state index in [-0.39, 0.29) is 11.3 Å². The molecule has 1 atom stereocenters. The summed E-state index contributed by atoms with van der Waals surface area (Å²) in [7, 11) is 1.99. The normalized spacial score (nSPS) is 16.6. The number of carbonyl (C=O) groups is 1. The van der Waals surface area contributed by atoms with Gasteiger partial charge in [0.1, 0.15) is 5.75 Å². The van der Waals surface area contributed by atoms with Crippen LogP contribution in [0.4, 0.5) is 4.39 Å². The summed E-state index contributed by atoms with van der Waals surface area (Å²) in [5.41, 5.74) is 10.1. The van der Waals surface area contributed by atoms with Crippen LogP contribution < -0.4 is 10.5 Å². The van der Waals surface area contributed by atoms with Crippen LogP contribution in [-0.4, -0.2) is 27.1 Å². The van der Waals surface area contributed by atoms with Crippen LogP contribution in [0, 0.1) is 19.7 Å². The zero-order chi connectivity index (χ0) is 22.1. The van der Waals surface area contributed by atoms with Gasteiger partial charge in [-0.25, -0.2) is 4.39 Å². The van der Waals surface area contributed by atoms with E-state index in [0.717, 1.165) is 31.3 Å². The van der Waals surface area contributed by atoms with E-state index in [1.165, 1.54) is 35.4 Å². The molecule has 0 bridgehead atoms. The second-order valence-electron chi connectivity index (χ2n) is 8.09. The number of amides is 1. The van der Waals surface area contributed by atoms with Crippen molar-refractivity contribution in [3.05, 3.63) is 76.4 Å². The molecule has 6 nitrogen and oxygen atoms in total. The minimum atomic E-state index is -0.674. The Kier molecular flexibility index (Phi) is 5.78. The number of aromatic nitrogens is 2. The first kappa shape index (κ1) is 21.1. The third-order valence-electron chi connectivity index (χ3n) is 6.02. The lowest BCUT2D eigenvalue weighted by molar-refractivity contribution is 0.1000. The van der Waals surface area contributed by atoms with E-state index >= 15 is 0 Å². The van der Waals surface area contributed by atoms with Crippen molar-refractivity contribution in [3.8, 4) is 11.5 Å². The molecule has 1 aromatic heterocycles. The van der Waals surface area contributed by atoms with Crippen molar-refractivity contribution >= 4 is 5.91 Å². The van der Waals surface area contributed by atoms with Gasteiger partial charge in [-0.1, -0.05) is 12.1 Å². The molecule has 2 N–H and O–H groups in total.